The fourth-order valence-corrected chi connectivity index (χ4v) is 6.21. The van der Waals surface area contributed by atoms with Gasteiger partial charge in [0.25, 0.3) is 5.91 Å². The summed E-state index contributed by atoms with van der Waals surface area (Å²) in [4.78, 5) is 66.1. The summed E-state index contributed by atoms with van der Waals surface area (Å²) in [6.07, 6.45) is 0.235. The SMILES string of the molecule is CCCCOP(=O)(O)CC[C@@H](NC(=O)c1cc(N2CC[C@H](OC)C2)nc(-c2ccccc2)n1)C(=O)N1CCN(OC(=O)O)CC1. The molecule has 16 heteroatoms. The molecule has 3 N–H and O–H groups in total. The zero-order valence-electron chi connectivity index (χ0n) is 25.5. The largest absolute Gasteiger partial charge is 0.525 e. The normalized spacial score (nSPS) is 19.1. The lowest BCUT2D eigenvalue weighted by molar-refractivity contribution is -0.154. The number of hydrogen-bond donors (Lipinski definition) is 3. The van der Waals surface area contributed by atoms with Gasteiger partial charge in [0.15, 0.2) is 5.82 Å². The monoisotopic (exact) mass is 648 g/mol. The Kier molecular flexibility index (Phi) is 12.3. The Balaban J connectivity index is 1.57. The third kappa shape index (κ3) is 9.93. The summed E-state index contributed by atoms with van der Waals surface area (Å²) in [5.41, 5.74) is 0.735. The van der Waals surface area contributed by atoms with Crippen LogP contribution in [0, 0.1) is 0 Å². The summed E-state index contributed by atoms with van der Waals surface area (Å²) < 4.78 is 23.4. The third-order valence-corrected chi connectivity index (χ3v) is 9.04. The van der Waals surface area contributed by atoms with Crippen molar-refractivity contribution in [3.8, 4) is 11.4 Å². The van der Waals surface area contributed by atoms with E-state index in [0.29, 0.717) is 36.7 Å². The Morgan fingerprint density at radius 2 is 1.84 bits per heavy atom. The van der Waals surface area contributed by atoms with E-state index in [-0.39, 0.29) is 57.2 Å². The highest BCUT2D eigenvalue weighted by Gasteiger charge is 2.33. The van der Waals surface area contributed by atoms with Gasteiger partial charge in [0, 0.05) is 44.9 Å². The topological polar surface area (TPSA) is 184 Å². The zero-order chi connectivity index (χ0) is 32.4. The molecule has 15 nitrogen and oxygen atoms in total. The second-order valence-electron chi connectivity index (χ2n) is 10.9. The number of unbranched alkanes of at least 4 members (excludes halogenated alkanes) is 1. The second kappa shape index (κ2) is 16.1. The molecule has 1 aromatic heterocycles. The molecule has 1 aromatic carbocycles. The molecule has 3 heterocycles. The summed E-state index contributed by atoms with van der Waals surface area (Å²) in [5, 5.41) is 12.9. The van der Waals surface area contributed by atoms with Crippen LogP contribution in [0.2, 0.25) is 0 Å². The van der Waals surface area contributed by atoms with E-state index < -0.39 is 31.6 Å². The number of carboxylic acid groups (broad SMARTS) is 1. The lowest BCUT2D eigenvalue weighted by Gasteiger charge is -2.35. The van der Waals surface area contributed by atoms with Gasteiger partial charge in [0.05, 0.1) is 32.0 Å². The Morgan fingerprint density at radius 3 is 2.49 bits per heavy atom. The summed E-state index contributed by atoms with van der Waals surface area (Å²) in [7, 11) is -2.38. The van der Waals surface area contributed by atoms with Gasteiger partial charge < -0.3 is 39.2 Å². The Bertz CT molecular complexity index is 1360. The molecule has 4 rings (SSSR count). The quantitative estimate of drug-likeness (QED) is 0.201. The number of anilines is 1. The van der Waals surface area contributed by atoms with Crippen molar-refractivity contribution >= 4 is 31.4 Å². The zero-order valence-corrected chi connectivity index (χ0v) is 26.4. The molecular formula is C29H41N6O9P. The number of aromatic nitrogens is 2. The molecule has 1 unspecified atom stereocenters. The molecule has 3 atom stereocenters. The van der Waals surface area contributed by atoms with Gasteiger partial charge in [-0.25, -0.2) is 14.8 Å². The van der Waals surface area contributed by atoms with E-state index in [1.165, 1.54) is 9.96 Å². The number of nitrogens with one attached hydrogen (secondary N) is 1. The third-order valence-electron chi connectivity index (χ3n) is 7.63. The first-order valence-corrected chi connectivity index (χ1v) is 16.8. The molecule has 0 spiro atoms. The number of hydroxylamine groups is 2. The molecule has 0 bridgehead atoms. The first-order valence-electron chi connectivity index (χ1n) is 15.0. The lowest BCUT2D eigenvalue weighted by Crippen LogP contribution is -2.55. The minimum Gasteiger partial charge on any atom is -0.448 e. The predicted molar refractivity (Wildman–Crippen MR) is 164 cm³/mol. The van der Waals surface area contributed by atoms with Crippen LogP contribution < -0.4 is 10.2 Å². The van der Waals surface area contributed by atoms with Crippen molar-refractivity contribution in [3.05, 3.63) is 42.1 Å². The molecule has 2 aromatic rings. The molecular weight excluding hydrogens is 607 g/mol. The van der Waals surface area contributed by atoms with Crippen molar-refractivity contribution in [2.45, 2.75) is 44.8 Å². The van der Waals surface area contributed by atoms with Crippen molar-refractivity contribution in [3.63, 3.8) is 0 Å². The van der Waals surface area contributed by atoms with Gasteiger partial charge in [-0.15, -0.1) is 5.06 Å². The van der Waals surface area contributed by atoms with E-state index in [2.05, 4.69) is 15.1 Å². The highest BCUT2D eigenvalue weighted by Crippen LogP contribution is 2.43. The summed E-state index contributed by atoms with van der Waals surface area (Å²) in [6.45, 7) is 3.82. The lowest BCUT2D eigenvalue weighted by atomic mass is 10.1. The van der Waals surface area contributed by atoms with Crippen LogP contribution in [0.25, 0.3) is 11.4 Å². The van der Waals surface area contributed by atoms with Gasteiger partial charge in [0.2, 0.25) is 5.91 Å². The molecule has 2 saturated heterocycles. The molecule has 2 amide bonds. The van der Waals surface area contributed by atoms with E-state index in [1.807, 2.05) is 42.2 Å². The summed E-state index contributed by atoms with van der Waals surface area (Å²) in [5.74, 6) is -0.257. The van der Waals surface area contributed by atoms with Crippen molar-refractivity contribution in [1.82, 2.24) is 25.2 Å². The number of hydrogen-bond acceptors (Lipinski definition) is 11. The van der Waals surface area contributed by atoms with Gasteiger partial charge >= 0.3 is 13.8 Å². The van der Waals surface area contributed by atoms with Crippen molar-refractivity contribution in [2.75, 3.05) is 64.0 Å². The van der Waals surface area contributed by atoms with Gasteiger partial charge in [-0.3, -0.25) is 14.2 Å². The van der Waals surface area contributed by atoms with Gasteiger partial charge in [-0.1, -0.05) is 43.7 Å². The van der Waals surface area contributed by atoms with Gasteiger partial charge in [-0.2, -0.15) is 0 Å². The van der Waals surface area contributed by atoms with Crippen LogP contribution in [0.15, 0.2) is 36.4 Å². The van der Waals surface area contributed by atoms with Gasteiger partial charge in [0.1, 0.15) is 17.6 Å². The van der Waals surface area contributed by atoms with E-state index in [0.717, 1.165) is 12.8 Å². The molecule has 0 aliphatic carbocycles. The fourth-order valence-electron chi connectivity index (χ4n) is 5.09. The van der Waals surface area contributed by atoms with Crippen molar-refractivity contribution in [2.24, 2.45) is 0 Å². The van der Waals surface area contributed by atoms with E-state index in [9.17, 15) is 23.8 Å². The average molecular weight is 649 g/mol. The molecule has 2 aliphatic rings. The van der Waals surface area contributed by atoms with E-state index >= 15 is 0 Å². The Labute approximate surface area is 262 Å². The molecule has 2 aliphatic heterocycles. The first-order chi connectivity index (χ1) is 21.6. The highest BCUT2D eigenvalue weighted by atomic mass is 31.2. The minimum absolute atomic E-state index is 0.0227. The molecule has 45 heavy (non-hydrogen) atoms. The maximum absolute atomic E-state index is 13.8. The Hall–Kier alpha value is -3.62. The maximum atomic E-state index is 13.8. The molecule has 0 saturated carbocycles. The summed E-state index contributed by atoms with van der Waals surface area (Å²) >= 11 is 0. The average Bonchev–Trinajstić information content (AvgIpc) is 3.53. The van der Waals surface area contributed by atoms with E-state index in [1.54, 1.807) is 13.2 Å². The minimum atomic E-state index is -4.04. The first kappa shape index (κ1) is 34.3. The highest BCUT2D eigenvalue weighted by molar-refractivity contribution is 7.52. The number of amides is 2. The maximum Gasteiger partial charge on any atom is 0.525 e. The smallest absolute Gasteiger partial charge is 0.448 e. The Morgan fingerprint density at radius 1 is 1.11 bits per heavy atom. The van der Waals surface area contributed by atoms with Crippen LogP contribution in [0.5, 0.6) is 0 Å². The number of benzene rings is 1. The summed E-state index contributed by atoms with van der Waals surface area (Å²) in [6, 6.07) is 9.60. The number of nitrogens with zero attached hydrogens (tertiary/aromatic N) is 5. The molecule has 2 fully saturated rings. The van der Waals surface area contributed by atoms with Crippen molar-refractivity contribution in [1.29, 1.82) is 0 Å². The standard InChI is InChI=1S/C29H41N6O9P/c1-3-4-17-43-45(40,41)18-11-23(28(37)33-13-15-35(16-14-33)44-29(38)39)31-27(36)24-19-25(34-12-10-22(20-34)42-2)32-26(30-24)21-8-6-5-7-9-21/h5-9,19,22-23H,3-4,10-18,20H2,1-2H3,(H,31,36)(H,38,39)(H,40,41)/t22-,23+/m0/s1. The van der Waals surface area contributed by atoms with E-state index in [4.69, 9.17) is 19.4 Å². The predicted octanol–water partition coefficient (Wildman–Crippen LogP) is 2.61. The number of methoxy groups -OCH3 is 1. The van der Waals surface area contributed by atoms with Crippen LogP contribution >= 0.6 is 7.60 Å². The van der Waals surface area contributed by atoms with Crippen LogP contribution in [0.1, 0.15) is 43.1 Å². The number of carbonyl (C=O) groups excluding carboxylic acids is 2. The van der Waals surface area contributed by atoms with Gasteiger partial charge in [-0.05, 0) is 19.3 Å². The number of ether oxygens (including phenoxy) is 1. The number of carbonyl (C=O) groups is 3. The molecule has 0 radical (unpaired) electrons. The second-order valence-corrected chi connectivity index (χ2v) is 12.8. The van der Waals surface area contributed by atoms with Crippen molar-refractivity contribution < 1.29 is 43.0 Å². The van der Waals surface area contributed by atoms with Crippen LogP contribution in [0.3, 0.4) is 0 Å². The number of piperazine rings is 1. The van der Waals surface area contributed by atoms with Crippen LogP contribution in [-0.4, -0.2) is 119 Å². The van der Waals surface area contributed by atoms with Crippen LogP contribution in [0.4, 0.5) is 10.6 Å². The fraction of sp³-hybridized carbons (Fsp3) is 0.552. The molecule has 246 valence electrons. The number of rotatable bonds is 14. The van der Waals surface area contributed by atoms with Crippen LogP contribution in [-0.2, 0) is 23.5 Å².